The zero-order chi connectivity index (χ0) is 12.1. The van der Waals surface area contributed by atoms with Crippen molar-refractivity contribution in [1.82, 2.24) is 0 Å². The molecule has 0 fully saturated rings. The summed E-state index contributed by atoms with van der Waals surface area (Å²) < 4.78 is 13.2. The van der Waals surface area contributed by atoms with E-state index in [0.29, 0.717) is 0 Å². The molecule has 0 aliphatic rings. The first-order valence-corrected chi connectivity index (χ1v) is 5.40. The Bertz CT molecular complexity index is 379. The monoisotopic (exact) mass is 224 g/mol. The lowest BCUT2D eigenvalue weighted by Gasteiger charge is -2.14. The van der Waals surface area contributed by atoms with Crippen LogP contribution in [0.15, 0.2) is 18.2 Å². The van der Waals surface area contributed by atoms with E-state index >= 15 is 0 Å². The van der Waals surface area contributed by atoms with E-state index in [2.05, 4.69) is 12.2 Å². The van der Waals surface area contributed by atoms with Crippen LogP contribution in [-0.4, -0.2) is 11.9 Å². The van der Waals surface area contributed by atoms with Gasteiger partial charge in [-0.15, -0.1) is 0 Å². The third-order valence-corrected chi connectivity index (χ3v) is 2.37. The van der Waals surface area contributed by atoms with E-state index in [9.17, 15) is 9.18 Å². The van der Waals surface area contributed by atoms with Crippen molar-refractivity contribution in [2.75, 3.05) is 5.32 Å². The second-order valence-electron chi connectivity index (χ2n) is 3.89. The third kappa shape index (κ3) is 3.22. The van der Waals surface area contributed by atoms with Crippen LogP contribution in [-0.2, 0) is 0 Å². The van der Waals surface area contributed by atoms with Gasteiger partial charge in [0.25, 0.3) is 5.91 Å². The highest BCUT2D eigenvalue weighted by Crippen LogP contribution is 2.16. The molecule has 0 heterocycles. The molecule has 0 saturated heterocycles. The second-order valence-corrected chi connectivity index (χ2v) is 3.89. The van der Waals surface area contributed by atoms with Gasteiger partial charge < -0.3 is 11.1 Å². The second kappa shape index (κ2) is 5.49. The standard InChI is InChI=1S/C12H17FN2O/c1-3-4-8(2)15-9-5-6-11(13)10(7-9)12(14)16/h5-8,15H,3-4H2,1-2H3,(H2,14,16). The Morgan fingerprint density at radius 2 is 2.25 bits per heavy atom. The smallest absolute Gasteiger partial charge is 0.251 e. The maximum absolute atomic E-state index is 13.2. The molecule has 3 nitrogen and oxygen atoms in total. The van der Waals surface area contributed by atoms with E-state index in [4.69, 9.17) is 5.73 Å². The molecule has 3 N–H and O–H groups in total. The van der Waals surface area contributed by atoms with Gasteiger partial charge in [0.15, 0.2) is 0 Å². The Kier molecular flexibility index (Phi) is 4.28. The van der Waals surface area contributed by atoms with Gasteiger partial charge in [-0.25, -0.2) is 4.39 Å². The lowest BCUT2D eigenvalue weighted by molar-refractivity contribution is 0.0996. The molecule has 0 bridgehead atoms. The highest BCUT2D eigenvalue weighted by molar-refractivity contribution is 5.94. The van der Waals surface area contributed by atoms with Crippen LogP contribution in [0, 0.1) is 5.82 Å². The first kappa shape index (κ1) is 12.5. The Morgan fingerprint density at radius 1 is 1.56 bits per heavy atom. The molecule has 16 heavy (non-hydrogen) atoms. The Morgan fingerprint density at radius 3 is 2.81 bits per heavy atom. The number of anilines is 1. The van der Waals surface area contributed by atoms with E-state index in [0.717, 1.165) is 18.5 Å². The van der Waals surface area contributed by atoms with Gasteiger partial charge in [0.05, 0.1) is 5.56 Å². The van der Waals surface area contributed by atoms with E-state index in [1.54, 1.807) is 6.07 Å². The van der Waals surface area contributed by atoms with Crippen molar-refractivity contribution >= 4 is 11.6 Å². The number of rotatable bonds is 5. The number of nitrogens with one attached hydrogen (secondary N) is 1. The zero-order valence-corrected chi connectivity index (χ0v) is 9.59. The molecule has 88 valence electrons. The Labute approximate surface area is 94.8 Å². The van der Waals surface area contributed by atoms with E-state index in [-0.39, 0.29) is 11.6 Å². The van der Waals surface area contributed by atoms with Crippen LogP contribution >= 0.6 is 0 Å². The normalized spacial score (nSPS) is 12.2. The summed E-state index contributed by atoms with van der Waals surface area (Å²) in [6.45, 7) is 4.13. The topological polar surface area (TPSA) is 55.1 Å². The number of nitrogens with two attached hydrogens (primary N) is 1. The fourth-order valence-electron chi connectivity index (χ4n) is 1.59. The molecule has 0 saturated carbocycles. The molecule has 1 amide bonds. The number of amides is 1. The third-order valence-electron chi connectivity index (χ3n) is 2.37. The minimum absolute atomic E-state index is 0.0753. The minimum Gasteiger partial charge on any atom is -0.383 e. The van der Waals surface area contributed by atoms with Crippen molar-refractivity contribution in [2.24, 2.45) is 5.73 Å². The van der Waals surface area contributed by atoms with Crippen LogP contribution in [0.1, 0.15) is 37.0 Å². The molecular weight excluding hydrogens is 207 g/mol. The number of carbonyl (C=O) groups is 1. The van der Waals surface area contributed by atoms with Gasteiger partial charge in [-0.3, -0.25) is 4.79 Å². The number of primary amides is 1. The SMILES string of the molecule is CCCC(C)Nc1ccc(F)c(C(N)=O)c1. The van der Waals surface area contributed by atoms with Crippen LogP contribution in [0.2, 0.25) is 0 Å². The van der Waals surface area contributed by atoms with E-state index in [1.807, 2.05) is 6.92 Å². The molecule has 1 aromatic carbocycles. The highest BCUT2D eigenvalue weighted by Gasteiger charge is 2.09. The van der Waals surface area contributed by atoms with Crippen LogP contribution in [0.25, 0.3) is 0 Å². The number of hydrogen-bond donors (Lipinski definition) is 2. The lowest BCUT2D eigenvalue weighted by atomic mass is 10.1. The molecular formula is C12H17FN2O. The lowest BCUT2D eigenvalue weighted by Crippen LogP contribution is -2.17. The van der Waals surface area contributed by atoms with Gasteiger partial charge in [0, 0.05) is 11.7 Å². The number of carbonyl (C=O) groups excluding carboxylic acids is 1. The summed E-state index contributed by atoms with van der Waals surface area (Å²) in [6.07, 6.45) is 2.08. The van der Waals surface area contributed by atoms with E-state index in [1.165, 1.54) is 12.1 Å². The van der Waals surface area contributed by atoms with Gasteiger partial charge in [-0.2, -0.15) is 0 Å². The van der Waals surface area contributed by atoms with Crippen molar-refractivity contribution < 1.29 is 9.18 Å². The highest BCUT2D eigenvalue weighted by atomic mass is 19.1. The van der Waals surface area contributed by atoms with Crippen molar-refractivity contribution in [2.45, 2.75) is 32.7 Å². The quantitative estimate of drug-likeness (QED) is 0.807. The first-order valence-electron chi connectivity index (χ1n) is 5.40. The molecule has 0 aliphatic heterocycles. The fraction of sp³-hybridized carbons (Fsp3) is 0.417. The van der Waals surface area contributed by atoms with Crippen LogP contribution in [0.3, 0.4) is 0 Å². The average Bonchev–Trinajstić information content (AvgIpc) is 2.21. The summed E-state index contributed by atoms with van der Waals surface area (Å²) in [5, 5.41) is 3.19. The van der Waals surface area contributed by atoms with Crippen LogP contribution < -0.4 is 11.1 Å². The molecule has 1 aromatic rings. The number of hydrogen-bond acceptors (Lipinski definition) is 2. The molecule has 1 atom stereocenters. The Balaban J connectivity index is 2.82. The van der Waals surface area contributed by atoms with E-state index < -0.39 is 11.7 Å². The van der Waals surface area contributed by atoms with Gasteiger partial charge in [0.2, 0.25) is 0 Å². The van der Waals surface area contributed by atoms with Crippen molar-refractivity contribution in [3.8, 4) is 0 Å². The van der Waals surface area contributed by atoms with Gasteiger partial charge in [-0.05, 0) is 31.5 Å². The summed E-state index contributed by atoms with van der Waals surface area (Å²) in [5.41, 5.74) is 5.71. The van der Waals surface area contributed by atoms with Crippen molar-refractivity contribution in [3.05, 3.63) is 29.6 Å². The zero-order valence-electron chi connectivity index (χ0n) is 9.59. The molecule has 1 rings (SSSR count). The minimum atomic E-state index is -0.746. The largest absolute Gasteiger partial charge is 0.383 e. The van der Waals surface area contributed by atoms with Gasteiger partial charge >= 0.3 is 0 Å². The maximum Gasteiger partial charge on any atom is 0.251 e. The van der Waals surface area contributed by atoms with Crippen LogP contribution in [0.5, 0.6) is 0 Å². The maximum atomic E-state index is 13.2. The molecule has 4 heteroatoms. The summed E-state index contributed by atoms with van der Waals surface area (Å²) >= 11 is 0. The molecule has 0 radical (unpaired) electrons. The Hall–Kier alpha value is -1.58. The first-order chi connectivity index (χ1) is 7.54. The number of halogens is 1. The van der Waals surface area contributed by atoms with Crippen molar-refractivity contribution in [1.29, 1.82) is 0 Å². The summed E-state index contributed by atoms with van der Waals surface area (Å²) in [4.78, 5) is 10.9. The summed E-state index contributed by atoms with van der Waals surface area (Å²) in [7, 11) is 0. The van der Waals surface area contributed by atoms with Gasteiger partial charge in [0.1, 0.15) is 5.82 Å². The van der Waals surface area contributed by atoms with Gasteiger partial charge in [-0.1, -0.05) is 13.3 Å². The average molecular weight is 224 g/mol. The predicted molar refractivity (Wildman–Crippen MR) is 62.9 cm³/mol. The summed E-state index contributed by atoms with van der Waals surface area (Å²) in [6, 6.07) is 4.59. The van der Waals surface area contributed by atoms with Crippen molar-refractivity contribution in [3.63, 3.8) is 0 Å². The molecule has 1 unspecified atom stereocenters. The molecule has 0 aromatic heterocycles. The fourth-order valence-corrected chi connectivity index (χ4v) is 1.59. The predicted octanol–water partition coefficient (Wildman–Crippen LogP) is 2.53. The summed E-state index contributed by atoms with van der Waals surface area (Å²) in [5.74, 6) is -1.33. The van der Waals surface area contributed by atoms with Crippen LogP contribution in [0.4, 0.5) is 10.1 Å². The number of benzene rings is 1. The molecule has 0 spiro atoms. The molecule has 0 aliphatic carbocycles.